The first-order valence-corrected chi connectivity index (χ1v) is 4.45. The number of hydrogen-bond acceptors (Lipinski definition) is 3. The molecule has 1 N–H and O–H groups in total. The van der Waals surface area contributed by atoms with E-state index in [1.165, 1.54) is 0 Å². The van der Waals surface area contributed by atoms with Gasteiger partial charge in [-0.05, 0) is 32.0 Å². The van der Waals surface area contributed by atoms with Gasteiger partial charge in [0.15, 0.2) is 0 Å². The molecule has 1 aromatic carbocycles. The molecule has 2 rings (SSSR count). The van der Waals surface area contributed by atoms with Crippen LogP contribution in [0.4, 0.5) is 0 Å². The van der Waals surface area contributed by atoms with E-state index in [1.54, 1.807) is 18.2 Å². The molecule has 72 valence electrons. The quantitative estimate of drug-likeness (QED) is 0.673. The SMILES string of the molecule is CC1(C)c2cc(C#N)ccc2O[C@H]1O. The highest BCUT2D eigenvalue weighted by Crippen LogP contribution is 2.41. The molecule has 0 saturated carbocycles. The minimum Gasteiger partial charge on any atom is -0.464 e. The van der Waals surface area contributed by atoms with Crippen molar-refractivity contribution in [1.29, 1.82) is 5.26 Å². The second-order valence-corrected chi connectivity index (χ2v) is 4.01. The molecule has 0 bridgehead atoms. The molecular weight excluding hydrogens is 178 g/mol. The fourth-order valence-corrected chi connectivity index (χ4v) is 1.61. The van der Waals surface area contributed by atoms with Gasteiger partial charge in [0, 0.05) is 5.56 Å². The maximum Gasteiger partial charge on any atom is 0.206 e. The molecule has 3 heteroatoms. The van der Waals surface area contributed by atoms with Crippen LogP contribution in [0.2, 0.25) is 0 Å². The van der Waals surface area contributed by atoms with Crippen molar-refractivity contribution < 1.29 is 9.84 Å². The molecule has 0 spiro atoms. The lowest BCUT2D eigenvalue weighted by Gasteiger charge is -2.20. The van der Waals surface area contributed by atoms with Crippen LogP contribution in [0.15, 0.2) is 18.2 Å². The van der Waals surface area contributed by atoms with Crippen molar-refractivity contribution in [2.24, 2.45) is 0 Å². The molecule has 1 atom stereocenters. The van der Waals surface area contributed by atoms with E-state index in [4.69, 9.17) is 10.00 Å². The van der Waals surface area contributed by atoms with E-state index < -0.39 is 11.7 Å². The molecule has 1 heterocycles. The first-order chi connectivity index (χ1) is 6.55. The summed E-state index contributed by atoms with van der Waals surface area (Å²) in [6.07, 6.45) is -0.827. The lowest BCUT2D eigenvalue weighted by molar-refractivity contribution is -0.0450. The summed E-state index contributed by atoms with van der Waals surface area (Å²) in [6.45, 7) is 3.79. The second kappa shape index (κ2) is 2.73. The molecule has 0 unspecified atom stereocenters. The summed E-state index contributed by atoms with van der Waals surface area (Å²) >= 11 is 0. The Kier molecular flexibility index (Phi) is 1.76. The van der Waals surface area contributed by atoms with Gasteiger partial charge in [0.05, 0.1) is 17.0 Å². The maximum absolute atomic E-state index is 9.64. The van der Waals surface area contributed by atoms with E-state index in [1.807, 2.05) is 13.8 Å². The summed E-state index contributed by atoms with van der Waals surface area (Å²) in [7, 11) is 0. The van der Waals surface area contributed by atoms with Gasteiger partial charge < -0.3 is 9.84 Å². The van der Waals surface area contributed by atoms with Crippen LogP contribution < -0.4 is 4.74 Å². The second-order valence-electron chi connectivity index (χ2n) is 4.01. The summed E-state index contributed by atoms with van der Waals surface area (Å²) in [5, 5.41) is 18.4. The average Bonchev–Trinajstić information content (AvgIpc) is 2.38. The summed E-state index contributed by atoms with van der Waals surface area (Å²) in [5.41, 5.74) is 1.04. The van der Waals surface area contributed by atoms with Crippen LogP contribution in [-0.4, -0.2) is 11.4 Å². The molecule has 1 aliphatic heterocycles. The van der Waals surface area contributed by atoms with Crippen molar-refractivity contribution in [3.63, 3.8) is 0 Å². The Labute approximate surface area is 82.6 Å². The number of fused-ring (bicyclic) bond motifs is 1. The smallest absolute Gasteiger partial charge is 0.206 e. The number of nitrogens with zero attached hydrogens (tertiary/aromatic N) is 1. The summed E-state index contributed by atoms with van der Waals surface area (Å²) in [4.78, 5) is 0. The molecule has 14 heavy (non-hydrogen) atoms. The highest BCUT2D eigenvalue weighted by Gasteiger charge is 2.40. The van der Waals surface area contributed by atoms with Gasteiger partial charge in [-0.25, -0.2) is 0 Å². The minimum absolute atomic E-state index is 0.442. The van der Waals surface area contributed by atoms with E-state index in [0.717, 1.165) is 5.56 Å². The zero-order valence-corrected chi connectivity index (χ0v) is 8.11. The van der Waals surface area contributed by atoms with Gasteiger partial charge >= 0.3 is 0 Å². The topological polar surface area (TPSA) is 53.2 Å². The summed E-state index contributed by atoms with van der Waals surface area (Å²) in [5.74, 6) is 0.668. The third-order valence-electron chi connectivity index (χ3n) is 2.66. The van der Waals surface area contributed by atoms with Crippen LogP contribution in [-0.2, 0) is 5.41 Å². The standard InChI is InChI=1S/C11H11NO2/c1-11(2)8-5-7(6-12)3-4-9(8)14-10(11)13/h3-5,10,13H,1-2H3/t10-/m1/s1. The van der Waals surface area contributed by atoms with E-state index in [-0.39, 0.29) is 0 Å². The van der Waals surface area contributed by atoms with Crippen LogP contribution in [0.5, 0.6) is 5.75 Å². The number of hydrogen-bond donors (Lipinski definition) is 1. The van der Waals surface area contributed by atoms with Crippen LogP contribution >= 0.6 is 0 Å². The Bertz CT molecular complexity index is 418. The van der Waals surface area contributed by atoms with E-state index in [0.29, 0.717) is 11.3 Å². The Balaban J connectivity index is 2.58. The molecule has 0 aromatic heterocycles. The van der Waals surface area contributed by atoms with Crippen LogP contribution in [0.1, 0.15) is 25.0 Å². The molecule has 0 saturated heterocycles. The maximum atomic E-state index is 9.64. The highest BCUT2D eigenvalue weighted by molar-refractivity contribution is 5.48. The van der Waals surface area contributed by atoms with E-state index in [9.17, 15) is 5.11 Å². The predicted molar refractivity (Wildman–Crippen MR) is 50.8 cm³/mol. The molecule has 1 aromatic rings. The van der Waals surface area contributed by atoms with E-state index in [2.05, 4.69) is 6.07 Å². The van der Waals surface area contributed by atoms with Crippen molar-refractivity contribution in [2.45, 2.75) is 25.6 Å². The number of nitriles is 1. The summed E-state index contributed by atoms with van der Waals surface area (Å²) in [6, 6.07) is 7.26. The van der Waals surface area contributed by atoms with Gasteiger partial charge in [0.2, 0.25) is 6.29 Å². The lowest BCUT2D eigenvalue weighted by atomic mass is 9.85. The molecule has 1 aliphatic rings. The lowest BCUT2D eigenvalue weighted by Crippen LogP contribution is -2.31. The van der Waals surface area contributed by atoms with E-state index >= 15 is 0 Å². The fourth-order valence-electron chi connectivity index (χ4n) is 1.61. The Morgan fingerprint density at radius 3 is 2.86 bits per heavy atom. The number of benzene rings is 1. The predicted octanol–water partition coefficient (Wildman–Crippen LogP) is 1.55. The molecule has 3 nitrogen and oxygen atoms in total. The first kappa shape index (κ1) is 9.04. The summed E-state index contributed by atoms with van der Waals surface area (Å²) < 4.78 is 5.27. The number of aliphatic hydroxyl groups excluding tert-OH is 1. The van der Waals surface area contributed by atoms with Gasteiger partial charge in [-0.3, -0.25) is 0 Å². The van der Waals surface area contributed by atoms with Gasteiger partial charge in [0.25, 0.3) is 0 Å². The van der Waals surface area contributed by atoms with Crippen molar-refractivity contribution in [3.05, 3.63) is 29.3 Å². The molecular formula is C11H11NO2. The normalized spacial score (nSPS) is 22.3. The van der Waals surface area contributed by atoms with Crippen molar-refractivity contribution in [1.82, 2.24) is 0 Å². The van der Waals surface area contributed by atoms with Crippen molar-refractivity contribution >= 4 is 0 Å². The fraction of sp³-hybridized carbons (Fsp3) is 0.364. The number of aliphatic hydroxyl groups is 1. The van der Waals surface area contributed by atoms with Gasteiger partial charge in [0.1, 0.15) is 5.75 Å². The average molecular weight is 189 g/mol. The number of rotatable bonds is 0. The van der Waals surface area contributed by atoms with Gasteiger partial charge in [-0.1, -0.05) is 0 Å². The van der Waals surface area contributed by atoms with Crippen molar-refractivity contribution in [3.8, 4) is 11.8 Å². The molecule has 0 fully saturated rings. The Morgan fingerprint density at radius 1 is 1.50 bits per heavy atom. The third kappa shape index (κ3) is 1.08. The van der Waals surface area contributed by atoms with Crippen LogP contribution in [0.25, 0.3) is 0 Å². The van der Waals surface area contributed by atoms with Crippen LogP contribution in [0.3, 0.4) is 0 Å². The largest absolute Gasteiger partial charge is 0.464 e. The Hall–Kier alpha value is -1.53. The third-order valence-corrected chi connectivity index (χ3v) is 2.66. The monoisotopic (exact) mass is 189 g/mol. The zero-order chi connectivity index (χ0) is 10.3. The van der Waals surface area contributed by atoms with Gasteiger partial charge in [-0.2, -0.15) is 5.26 Å². The molecule has 0 aliphatic carbocycles. The zero-order valence-electron chi connectivity index (χ0n) is 8.11. The Morgan fingerprint density at radius 2 is 2.21 bits per heavy atom. The highest BCUT2D eigenvalue weighted by atomic mass is 16.6. The number of ether oxygens (including phenoxy) is 1. The van der Waals surface area contributed by atoms with Crippen molar-refractivity contribution in [2.75, 3.05) is 0 Å². The van der Waals surface area contributed by atoms with Gasteiger partial charge in [-0.15, -0.1) is 0 Å². The molecule has 0 amide bonds. The minimum atomic E-state index is -0.827. The van der Waals surface area contributed by atoms with Crippen LogP contribution in [0, 0.1) is 11.3 Å². The molecule has 0 radical (unpaired) electrons. The first-order valence-electron chi connectivity index (χ1n) is 4.45.